The molecule has 5 rings (SSSR count). The Morgan fingerprint density at radius 1 is 1.17 bits per heavy atom. The van der Waals surface area contributed by atoms with Crippen LogP contribution >= 0.6 is 22.7 Å². The molecular formula is C26H28N4O3S2. The predicted octanol–water partition coefficient (Wildman–Crippen LogP) is 2.91. The van der Waals surface area contributed by atoms with Crippen LogP contribution in [0.2, 0.25) is 0 Å². The molecule has 0 bridgehead atoms. The molecule has 0 radical (unpaired) electrons. The zero-order valence-corrected chi connectivity index (χ0v) is 21.4. The molecule has 0 spiro atoms. The van der Waals surface area contributed by atoms with Gasteiger partial charge in [-0.3, -0.25) is 9.36 Å². The van der Waals surface area contributed by atoms with Crippen LogP contribution in [-0.4, -0.2) is 53.8 Å². The lowest BCUT2D eigenvalue weighted by atomic mass is 9.99. The third kappa shape index (κ3) is 4.63. The summed E-state index contributed by atoms with van der Waals surface area (Å²) in [5.41, 5.74) is 2.67. The van der Waals surface area contributed by atoms with Gasteiger partial charge in [-0.25, -0.2) is 9.79 Å². The van der Waals surface area contributed by atoms with Crippen molar-refractivity contribution in [2.45, 2.75) is 25.8 Å². The van der Waals surface area contributed by atoms with Crippen molar-refractivity contribution in [3.05, 3.63) is 83.2 Å². The first-order valence-corrected chi connectivity index (χ1v) is 13.5. The average molecular weight is 509 g/mol. The highest BCUT2D eigenvalue weighted by atomic mass is 32.1. The summed E-state index contributed by atoms with van der Waals surface area (Å²) in [5.74, 6) is -1.02. The monoisotopic (exact) mass is 508 g/mol. The number of thiazole rings is 1. The van der Waals surface area contributed by atoms with Crippen LogP contribution in [0, 0.1) is 0 Å². The number of hydrogen-bond donors (Lipinski definition) is 1. The third-order valence-electron chi connectivity index (χ3n) is 6.50. The first-order valence-electron chi connectivity index (χ1n) is 11.8. The number of piperazine rings is 1. The molecule has 0 saturated carbocycles. The highest BCUT2D eigenvalue weighted by Crippen LogP contribution is 2.33. The topological polar surface area (TPSA) is 78.1 Å². The minimum absolute atomic E-state index is 0.199. The Labute approximate surface area is 211 Å². The fourth-order valence-electron chi connectivity index (χ4n) is 4.64. The Bertz CT molecular complexity index is 1430. The number of thiophene rings is 1. The van der Waals surface area contributed by atoms with Crippen LogP contribution in [0.4, 0.5) is 5.69 Å². The summed E-state index contributed by atoms with van der Waals surface area (Å²) in [6.07, 6.45) is 3.22. The molecule has 1 atom stereocenters. The number of carbonyl (C=O) groups is 1. The first kappa shape index (κ1) is 23.7. The van der Waals surface area contributed by atoms with Crippen molar-refractivity contribution in [1.29, 1.82) is 0 Å². The quantitative estimate of drug-likeness (QED) is 0.554. The second kappa shape index (κ2) is 9.93. The third-order valence-corrected chi connectivity index (χ3v) is 8.41. The number of carboxylic acid groups (broad SMARTS) is 1. The van der Waals surface area contributed by atoms with E-state index in [-0.39, 0.29) is 11.1 Å². The van der Waals surface area contributed by atoms with Crippen LogP contribution in [0.15, 0.2) is 62.8 Å². The SMILES string of the molecule is CCCC1=C(C(=O)O)C(c2cccs2)n2c(s/c(=C\c3ccc(N4CCN(C)CC4)cc3)c2=O)=N1. The molecule has 1 unspecified atom stereocenters. The summed E-state index contributed by atoms with van der Waals surface area (Å²) in [6, 6.07) is 11.4. The van der Waals surface area contributed by atoms with Crippen molar-refractivity contribution in [3.8, 4) is 0 Å². The molecule has 1 fully saturated rings. The van der Waals surface area contributed by atoms with E-state index in [0.29, 0.717) is 21.5 Å². The fourth-order valence-corrected chi connectivity index (χ4v) is 6.48. The van der Waals surface area contributed by atoms with Crippen LogP contribution < -0.4 is 19.8 Å². The van der Waals surface area contributed by atoms with Gasteiger partial charge >= 0.3 is 5.97 Å². The van der Waals surface area contributed by atoms with Gasteiger partial charge in [-0.1, -0.05) is 42.9 Å². The van der Waals surface area contributed by atoms with E-state index in [2.05, 4.69) is 34.0 Å². The van der Waals surface area contributed by atoms with E-state index in [4.69, 9.17) is 0 Å². The summed E-state index contributed by atoms with van der Waals surface area (Å²) < 4.78 is 2.11. The molecule has 4 heterocycles. The number of aromatic nitrogens is 1. The molecular weight excluding hydrogens is 480 g/mol. The van der Waals surface area contributed by atoms with E-state index in [1.807, 2.05) is 42.6 Å². The number of carboxylic acids is 1. The highest BCUT2D eigenvalue weighted by Gasteiger charge is 2.33. The van der Waals surface area contributed by atoms with Crippen molar-refractivity contribution < 1.29 is 9.90 Å². The van der Waals surface area contributed by atoms with E-state index in [9.17, 15) is 14.7 Å². The molecule has 1 N–H and O–H groups in total. The molecule has 35 heavy (non-hydrogen) atoms. The van der Waals surface area contributed by atoms with Crippen LogP contribution in [0.1, 0.15) is 36.2 Å². The fraction of sp³-hybridized carbons (Fsp3) is 0.346. The molecule has 7 nitrogen and oxygen atoms in total. The van der Waals surface area contributed by atoms with Gasteiger partial charge in [0.1, 0.15) is 6.04 Å². The number of nitrogens with zero attached hydrogens (tertiary/aromatic N) is 4. The normalized spacial score (nSPS) is 19.1. The molecule has 3 aromatic rings. The van der Waals surface area contributed by atoms with Crippen LogP contribution in [-0.2, 0) is 4.79 Å². The summed E-state index contributed by atoms with van der Waals surface area (Å²) in [7, 11) is 2.14. The molecule has 2 aliphatic rings. The minimum atomic E-state index is -1.02. The van der Waals surface area contributed by atoms with E-state index in [1.54, 1.807) is 4.57 Å². The lowest BCUT2D eigenvalue weighted by Crippen LogP contribution is -2.44. The summed E-state index contributed by atoms with van der Waals surface area (Å²) in [4.78, 5) is 36.6. The minimum Gasteiger partial charge on any atom is -0.478 e. The van der Waals surface area contributed by atoms with Gasteiger partial charge in [-0.15, -0.1) is 11.3 Å². The van der Waals surface area contributed by atoms with Gasteiger partial charge in [0.15, 0.2) is 4.80 Å². The van der Waals surface area contributed by atoms with E-state index in [0.717, 1.165) is 43.0 Å². The van der Waals surface area contributed by atoms with Crippen molar-refractivity contribution in [2.24, 2.45) is 4.99 Å². The Kier molecular flexibility index (Phi) is 6.73. The maximum Gasteiger partial charge on any atom is 0.335 e. The molecule has 1 aromatic carbocycles. The second-order valence-corrected chi connectivity index (χ2v) is 10.9. The van der Waals surface area contributed by atoms with Crippen molar-refractivity contribution in [3.63, 3.8) is 0 Å². The van der Waals surface area contributed by atoms with E-state index < -0.39 is 12.0 Å². The van der Waals surface area contributed by atoms with Crippen molar-refractivity contribution in [1.82, 2.24) is 9.47 Å². The lowest BCUT2D eigenvalue weighted by Gasteiger charge is -2.34. The van der Waals surface area contributed by atoms with Gasteiger partial charge in [0.25, 0.3) is 5.56 Å². The molecule has 1 saturated heterocycles. The summed E-state index contributed by atoms with van der Waals surface area (Å²) >= 11 is 2.78. The van der Waals surface area contributed by atoms with Gasteiger partial charge < -0.3 is 14.9 Å². The Morgan fingerprint density at radius 2 is 1.91 bits per heavy atom. The van der Waals surface area contributed by atoms with E-state index >= 15 is 0 Å². The number of rotatable bonds is 6. The maximum absolute atomic E-state index is 13.6. The van der Waals surface area contributed by atoms with Gasteiger partial charge in [0, 0.05) is 36.7 Å². The second-order valence-electron chi connectivity index (χ2n) is 8.90. The molecule has 2 aliphatic heterocycles. The van der Waals surface area contributed by atoms with E-state index in [1.165, 1.54) is 28.4 Å². The number of anilines is 1. The summed E-state index contributed by atoms with van der Waals surface area (Å²) in [6.45, 7) is 6.11. The largest absolute Gasteiger partial charge is 0.478 e. The van der Waals surface area contributed by atoms with Crippen LogP contribution in [0.25, 0.3) is 6.08 Å². The predicted molar refractivity (Wildman–Crippen MR) is 141 cm³/mol. The maximum atomic E-state index is 13.6. The number of benzene rings is 1. The van der Waals surface area contributed by atoms with Crippen LogP contribution in [0.5, 0.6) is 0 Å². The molecule has 0 aliphatic carbocycles. The Hall–Kier alpha value is -3.01. The number of allylic oxidation sites excluding steroid dienone is 1. The van der Waals surface area contributed by atoms with Crippen molar-refractivity contribution in [2.75, 3.05) is 38.1 Å². The van der Waals surface area contributed by atoms with Gasteiger partial charge in [0.05, 0.1) is 15.8 Å². The van der Waals surface area contributed by atoms with Crippen molar-refractivity contribution >= 4 is 40.4 Å². The summed E-state index contributed by atoms with van der Waals surface area (Å²) in [5, 5.41) is 12.0. The number of hydrogen-bond acceptors (Lipinski definition) is 7. The molecule has 2 aromatic heterocycles. The molecule has 9 heteroatoms. The lowest BCUT2D eigenvalue weighted by molar-refractivity contribution is -0.133. The highest BCUT2D eigenvalue weighted by molar-refractivity contribution is 7.10. The Balaban J connectivity index is 1.56. The van der Waals surface area contributed by atoms with Gasteiger partial charge in [-0.05, 0) is 48.7 Å². The first-order chi connectivity index (χ1) is 17.0. The zero-order valence-electron chi connectivity index (χ0n) is 19.8. The smallest absolute Gasteiger partial charge is 0.335 e. The number of likely N-dealkylation sites (N-methyl/N-ethyl adjacent to an activating group) is 1. The number of aliphatic carboxylic acids is 1. The standard InChI is InChI=1S/C26H28N4O3S2/c1-3-5-19-22(25(32)33)23(20-6-4-15-34-20)30-24(31)21(35-26(30)27-19)16-17-7-9-18(10-8-17)29-13-11-28(2)12-14-29/h4,6-10,15-16,23H,3,5,11-14H2,1-2H3,(H,32,33)/b21-16-. The number of fused-ring (bicyclic) bond motifs is 1. The van der Waals surface area contributed by atoms with Gasteiger partial charge in [0.2, 0.25) is 0 Å². The zero-order chi connectivity index (χ0) is 24.5. The molecule has 182 valence electrons. The molecule has 0 amide bonds. The van der Waals surface area contributed by atoms with Crippen LogP contribution in [0.3, 0.4) is 0 Å². The average Bonchev–Trinajstić information content (AvgIpc) is 3.48. The van der Waals surface area contributed by atoms with Gasteiger partial charge in [-0.2, -0.15) is 0 Å². The Morgan fingerprint density at radius 3 is 2.54 bits per heavy atom.